The summed E-state index contributed by atoms with van der Waals surface area (Å²) in [5.41, 5.74) is 1.97. The van der Waals surface area contributed by atoms with E-state index >= 15 is 0 Å². The van der Waals surface area contributed by atoms with Crippen LogP contribution in [0.25, 0.3) is 10.9 Å². The zero-order chi connectivity index (χ0) is 23.0. The number of ether oxygens (including phenoxy) is 1. The van der Waals surface area contributed by atoms with Crippen molar-refractivity contribution in [1.29, 1.82) is 0 Å². The highest BCUT2D eigenvalue weighted by atomic mass is 16.5. The van der Waals surface area contributed by atoms with Gasteiger partial charge in [-0.2, -0.15) is 0 Å². The van der Waals surface area contributed by atoms with Gasteiger partial charge >= 0.3 is 0 Å². The lowest BCUT2D eigenvalue weighted by molar-refractivity contribution is -0.132. The highest BCUT2D eigenvalue weighted by Gasteiger charge is 2.21. The highest BCUT2D eigenvalue weighted by Crippen LogP contribution is 2.29. The topological polar surface area (TPSA) is 58.8 Å². The third kappa shape index (κ3) is 5.75. The number of hydrogen-bond donors (Lipinski definition) is 0. The normalized spacial score (nSPS) is 14.2. The number of anilines is 1. The molecule has 1 aromatic carbocycles. The van der Waals surface area contributed by atoms with Crippen LogP contribution in [0, 0.1) is 0 Å². The largest absolute Gasteiger partial charge is 0.497 e. The van der Waals surface area contributed by atoms with Crippen LogP contribution in [0.3, 0.4) is 0 Å². The minimum Gasteiger partial charge on any atom is -0.497 e. The molecule has 0 atom stereocenters. The summed E-state index contributed by atoms with van der Waals surface area (Å²) in [6, 6.07) is 11.9. The maximum absolute atomic E-state index is 13.1. The molecule has 1 fully saturated rings. The average Bonchev–Trinajstić information content (AvgIpc) is 3.20. The van der Waals surface area contributed by atoms with Gasteiger partial charge in [-0.3, -0.25) is 4.79 Å². The Morgan fingerprint density at radius 1 is 1.18 bits per heavy atom. The van der Waals surface area contributed by atoms with Gasteiger partial charge in [-0.05, 0) is 49.6 Å². The molecule has 1 aliphatic rings. The molecule has 1 aliphatic heterocycles. The van der Waals surface area contributed by atoms with E-state index < -0.39 is 0 Å². The summed E-state index contributed by atoms with van der Waals surface area (Å²) in [7, 11) is 1.67. The van der Waals surface area contributed by atoms with E-state index in [0.29, 0.717) is 25.9 Å². The van der Waals surface area contributed by atoms with Crippen molar-refractivity contribution in [2.24, 2.45) is 0 Å². The fourth-order valence-electron chi connectivity index (χ4n) is 4.39. The molecule has 2 aromatic heterocycles. The lowest BCUT2D eigenvalue weighted by atomic mass is 10.1. The van der Waals surface area contributed by atoms with Crippen LogP contribution in [-0.4, -0.2) is 36.0 Å². The number of amides is 1. The Labute approximate surface area is 195 Å². The van der Waals surface area contributed by atoms with Crippen LogP contribution in [0.4, 0.5) is 5.82 Å². The van der Waals surface area contributed by atoms with Gasteiger partial charge in [-0.25, -0.2) is 4.98 Å². The molecule has 0 bridgehead atoms. The third-order valence-electron chi connectivity index (χ3n) is 6.19. The number of methoxy groups -OCH3 is 1. The van der Waals surface area contributed by atoms with Crippen molar-refractivity contribution in [3.63, 3.8) is 0 Å². The average molecular weight is 448 g/mol. The molecule has 0 aliphatic carbocycles. The molecule has 0 unspecified atom stereocenters. The van der Waals surface area contributed by atoms with Crippen LogP contribution in [0.5, 0.6) is 5.75 Å². The zero-order valence-corrected chi connectivity index (χ0v) is 19.5. The van der Waals surface area contributed by atoms with Crippen LogP contribution < -0.4 is 9.64 Å². The standard InChI is InChI=1S/C27H33N3O3/c1-3-4-11-26(31)30(20-24-10-9-16-33-24)19-22-17-21-12-13-23(32-2)18-25(21)28-27(22)29-14-7-5-6-8-15-29/h3,9-10,12-13,16-18H,1,4-8,11,14-15,19-20H2,2H3. The van der Waals surface area contributed by atoms with Gasteiger partial charge in [0.25, 0.3) is 0 Å². The van der Waals surface area contributed by atoms with E-state index in [9.17, 15) is 4.79 Å². The summed E-state index contributed by atoms with van der Waals surface area (Å²) in [6.07, 6.45) is 9.34. The van der Waals surface area contributed by atoms with Crippen LogP contribution in [0.15, 0.2) is 59.7 Å². The molecule has 0 saturated carbocycles. The molecular weight excluding hydrogens is 414 g/mol. The van der Waals surface area contributed by atoms with Gasteiger partial charge in [0.15, 0.2) is 0 Å². The van der Waals surface area contributed by atoms with Crippen LogP contribution in [0.2, 0.25) is 0 Å². The smallest absolute Gasteiger partial charge is 0.223 e. The Kier molecular flexibility index (Phi) is 7.66. The number of fused-ring (bicyclic) bond motifs is 1. The minimum atomic E-state index is 0.0861. The first kappa shape index (κ1) is 22.9. The summed E-state index contributed by atoms with van der Waals surface area (Å²) in [4.78, 5) is 22.5. The van der Waals surface area contributed by atoms with E-state index in [4.69, 9.17) is 14.1 Å². The summed E-state index contributed by atoms with van der Waals surface area (Å²) in [5.74, 6) is 2.63. The number of benzene rings is 1. The summed E-state index contributed by atoms with van der Waals surface area (Å²) >= 11 is 0. The number of carbonyl (C=O) groups excluding carboxylic acids is 1. The van der Waals surface area contributed by atoms with E-state index in [-0.39, 0.29) is 5.91 Å². The lowest BCUT2D eigenvalue weighted by Gasteiger charge is -2.28. The molecule has 33 heavy (non-hydrogen) atoms. The number of carbonyl (C=O) groups is 1. The van der Waals surface area contributed by atoms with Crippen LogP contribution in [0.1, 0.15) is 49.8 Å². The van der Waals surface area contributed by atoms with Crippen molar-refractivity contribution in [3.05, 3.63) is 66.6 Å². The second-order valence-corrected chi connectivity index (χ2v) is 8.59. The Bertz CT molecular complexity index is 1070. The second-order valence-electron chi connectivity index (χ2n) is 8.59. The SMILES string of the molecule is C=CCCC(=O)N(Cc1ccco1)Cc1cc2ccc(OC)cc2nc1N1CCCCCC1. The van der Waals surface area contributed by atoms with E-state index in [1.54, 1.807) is 19.4 Å². The predicted molar refractivity (Wildman–Crippen MR) is 131 cm³/mol. The predicted octanol–water partition coefficient (Wildman–Crippen LogP) is 5.71. The first-order chi connectivity index (χ1) is 16.2. The van der Waals surface area contributed by atoms with Crippen LogP contribution in [-0.2, 0) is 17.9 Å². The molecule has 3 heterocycles. The molecule has 0 spiro atoms. The Hall–Kier alpha value is -3.28. The van der Waals surface area contributed by atoms with Gasteiger partial charge in [-0.15, -0.1) is 6.58 Å². The van der Waals surface area contributed by atoms with Crippen molar-refractivity contribution in [1.82, 2.24) is 9.88 Å². The zero-order valence-electron chi connectivity index (χ0n) is 19.5. The van der Waals surface area contributed by atoms with Crippen molar-refractivity contribution in [2.45, 2.75) is 51.6 Å². The molecule has 4 rings (SSSR count). The van der Waals surface area contributed by atoms with Gasteiger partial charge in [0.05, 0.1) is 25.4 Å². The quantitative estimate of drug-likeness (QED) is 0.393. The number of hydrogen-bond acceptors (Lipinski definition) is 5. The number of pyridine rings is 1. The molecule has 1 saturated heterocycles. The molecule has 6 heteroatoms. The van der Waals surface area contributed by atoms with Crippen molar-refractivity contribution in [3.8, 4) is 5.75 Å². The summed E-state index contributed by atoms with van der Waals surface area (Å²) in [5, 5.41) is 1.04. The Morgan fingerprint density at radius 3 is 2.70 bits per heavy atom. The van der Waals surface area contributed by atoms with E-state index in [1.165, 1.54) is 12.8 Å². The van der Waals surface area contributed by atoms with E-state index in [2.05, 4.69) is 17.5 Å². The summed E-state index contributed by atoms with van der Waals surface area (Å²) in [6.45, 7) is 6.65. The number of nitrogens with zero attached hydrogens (tertiary/aromatic N) is 3. The summed E-state index contributed by atoms with van der Waals surface area (Å²) < 4.78 is 11.0. The Balaban J connectivity index is 1.72. The van der Waals surface area contributed by atoms with Crippen molar-refractivity contribution < 1.29 is 13.9 Å². The van der Waals surface area contributed by atoms with Crippen molar-refractivity contribution in [2.75, 3.05) is 25.1 Å². The van der Waals surface area contributed by atoms with Gasteiger partial charge in [0, 0.05) is 43.1 Å². The van der Waals surface area contributed by atoms with Gasteiger partial charge in [-0.1, -0.05) is 18.9 Å². The Morgan fingerprint density at radius 2 is 2.00 bits per heavy atom. The molecule has 1 amide bonds. The lowest BCUT2D eigenvalue weighted by Crippen LogP contribution is -2.32. The molecule has 0 radical (unpaired) electrons. The van der Waals surface area contributed by atoms with Crippen molar-refractivity contribution >= 4 is 22.6 Å². The van der Waals surface area contributed by atoms with Gasteiger partial charge in [0.2, 0.25) is 5.91 Å². The van der Waals surface area contributed by atoms with E-state index in [1.807, 2.05) is 35.2 Å². The molecule has 174 valence electrons. The maximum Gasteiger partial charge on any atom is 0.223 e. The maximum atomic E-state index is 13.1. The minimum absolute atomic E-state index is 0.0861. The fourth-order valence-corrected chi connectivity index (χ4v) is 4.39. The molecule has 6 nitrogen and oxygen atoms in total. The highest BCUT2D eigenvalue weighted by molar-refractivity contribution is 5.84. The van der Waals surface area contributed by atoms with Crippen LogP contribution >= 0.6 is 0 Å². The first-order valence-corrected chi connectivity index (χ1v) is 11.8. The molecule has 3 aromatic rings. The van der Waals surface area contributed by atoms with Gasteiger partial charge < -0.3 is 19.0 Å². The number of aromatic nitrogens is 1. The van der Waals surface area contributed by atoms with Gasteiger partial charge in [0.1, 0.15) is 17.3 Å². The molecule has 0 N–H and O–H groups in total. The number of allylic oxidation sites excluding steroid dienone is 1. The third-order valence-corrected chi connectivity index (χ3v) is 6.19. The number of furan rings is 1. The monoisotopic (exact) mass is 447 g/mol. The first-order valence-electron chi connectivity index (χ1n) is 11.8. The number of rotatable bonds is 9. The van der Waals surface area contributed by atoms with E-state index in [0.717, 1.165) is 59.7 Å². The molecular formula is C27H33N3O3. The second kappa shape index (κ2) is 11.0. The fraction of sp³-hybridized carbons (Fsp3) is 0.407.